The summed E-state index contributed by atoms with van der Waals surface area (Å²) >= 11 is 3.68. The van der Waals surface area contributed by atoms with Crippen LogP contribution in [-0.4, -0.2) is 41.2 Å². The standard InChI is InChI=1S/C21H23N3OS2/c1-2-6-15(7-3-1)26-20-19-16-8-4-5-9-17(16)27-21(19)23-18(22-20)14-24-10-12-25-13-11-24/h1-3,6-7H,4-5,8-14H2. The Morgan fingerprint density at radius 3 is 2.70 bits per heavy atom. The van der Waals surface area contributed by atoms with E-state index in [9.17, 15) is 0 Å². The Bertz CT molecular complexity index is 935. The summed E-state index contributed by atoms with van der Waals surface area (Å²) in [5.41, 5.74) is 1.51. The van der Waals surface area contributed by atoms with E-state index in [0.717, 1.165) is 43.7 Å². The van der Waals surface area contributed by atoms with E-state index in [0.29, 0.717) is 0 Å². The lowest BCUT2D eigenvalue weighted by molar-refractivity contribution is 0.0330. The molecular formula is C21H23N3OS2. The summed E-state index contributed by atoms with van der Waals surface area (Å²) in [4.78, 5) is 16.4. The molecule has 0 N–H and O–H groups in total. The van der Waals surface area contributed by atoms with Crippen molar-refractivity contribution in [2.45, 2.75) is 42.1 Å². The number of thiophene rings is 1. The van der Waals surface area contributed by atoms with E-state index in [1.807, 2.05) is 11.3 Å². The molecule has 0 spiro atoms. The Kier molecular flexibility index (Phi) is 5.14. The third-order valence-electron chi connectivity index (χ3n) is 5.25. The highest BCUT2D eigenvalue weighted by Crippen LogP contribution is 2.41. The molecule has 0 unspecified atom stereocenters. The van der Waals surface area contributed by atoms with Crippen LogP contribution in [0.1, 0.15) is 29.1 Å². The Labute approximate surface area is 168 Å². The van der Waals surface area contributed by atoms with Crippen LogP contribution >= 0.6 is 23.1 Å². The summed E-state index contributed by atoms with van der Waals surface area (Å²) in [5, 5.41) is 2.45. The Morgan fingerprint density at radius 2 is 1.85 bits per heavy atom. The van der Waals surface area contributed by atoms with E-state index in [4.69, 9.17) is 14.7 Å². The molecule has 6 heteroatoms. The molecular weight excluding hydrogens is 374 g/mol. The monoisotopic (exact) mass is 397 g/mol. The quantitative estimate of drug-likeness (QED) is 0.604. The van der Waals surface area contributed by atoms with Gasteiger partial charge in [-0.1, -0.05) is 30.0 Å². The van der Waals surface area contributed by atoms with Crippen molar-refractivity contribution < 1.29 is 4.74 Å². The van der Waals surface area contributed by atoms with E-state index in [-0.39, 0.29) is 0 Å². The Morgan fingerprint density at radius 1 is 1.04 bits per heavy atom. The second-order valence-electron chi connectivity index (χ2n) is 7.14. The molecule has 0 amide bonds. The maximum absolute atomic E-state index is 5.48. The van der Waals surface area contributed by atoms with Gasteiger partial charge in [-0.2, -0.15) is 0 Å². The molecule has 0 atom stereocenters. The zero-order valence-electron chi connectivity index (χ0n) is 15.3. The van der Waals surface area contributed by atoms with Crippen LogP contribution in [0, 0.1) is 0 Å². The summed E-state index contributed by atoms with van der Waals surface area (Å²) in [7, 11) is 0. The number of ether oxygens (including phenoxy) is 1. The minimum absolute atomic E-state index is 0.807. The number of nitrogens with zero attached hydrogens (tertiary/aromatic N) is 3. The van der Waals surface area contributed by atoms with Gasteiger partial charge in [-0.15, -0.1) is 11.3 Å². The number of benzene rings is 1. The lowest BCUT2D eigenvalue weighted by atomic mass is 9.97. The van der Waals surface area contributed by atoms with Crippen molar-refractivity contribution >= 4 is 33.3 Å². The Balaban J connectivity index is 1.56. The number of hydrogen-bond acceptors (Lipinski definition) is 6. The lowest BCUT2D eigenvalue weighted by Crippen LogP contribution is -2.36. The largest absolute Gasteiger partial charge is 0.379 e. The zero-order valence-corrected chi connectivity index (χ0v) is 17.0. The molecule has 1 aromatic carbocycles. The topological polar surface area (TPSA) is 38.2 Å². The predicted octanol–water partition coefficient (Wildman–Crippen LogP) is 4.55. The molecule has 3 heterocycles. The number of rotatable bonds is 4. The Hall–Kier alpha value is -1.47. The molecule has 0 radical (unpaired) electrons. The first kappa shape index (κ1) is 17.6. The van der Waals surface area contributed by atoms with Crippen molar-refractivity contribution in [3.8, 4) is 0 Å². The van der Waals surface area contributed by atoms with Crippen molar-refractivity contribution in [3.05, 3.63) is 46.6 Å². The molecule has 140 valence electrons. The second kappa shape index (κ2) is 7.87. The van der Waals surface area contributed by atoms with E-state index in [1.54, 1.807) is 11.8 Å². The maximum atomic E-state index is 5.48. The second-order valence-corrected chi connectivity index (χ2v) is 9.29. The molecule has 2 aromatic heterocycles. The summed E-state index contributed by atoms with van der Waals surface area (Å²) in [6, 6.07) is 10.6. The minimum Gasteiger partial charge on any atom is -0.379 e. The van der Waals surface area contributed by atoms with Crippen LogP contribution in [0.25, 0.3) is 10.2 Å². The van der Waals surface area contributed by atoms with E-state index < -0.39 is 0 Å². The molecule has 1 aliphatic carbocycles. The van der Waals surface area contributed by atoms with Crippen molar-refractivity contribution in [2.24, 2.45) is 0 Å². The van der Waals surface area contributed by atoms with Gasteiger partial charge in [0, 0.05) is 28.2 Å². The van der Waals surface area contributed by atoms with Crippen LogP contribution in [0.15, 0.2) is 40.3 Å². The molecule has 2 aliphatic rings. The number of morpholine rings is 1. The van der Waals surface area contributed by atoms with Gasteiger partial charge in [-0.3, -0.25) is 4.90 Å². The van der Waals surface area contributed by atoms with Crippen LogP contribution in [0.4, 0.5) is 0 Å². The maximum Gasteiger partial charge on any atom is 0.145 e. The number of hydrogen-bond donors (Lipinski definition) is 0. The first-order valence-corrected chi connectivity index (χ1v) is 11.3. The first-order valence-electron chi connectivity index (χ1n) is 9.71. The van der Waals surface area contributed by atoms with Gasteiger partial charge in [0.05, 0.1) is 19.8 Å². The average Bonchev–Trinajstić information content (AvgIpc) is 3.08. The number of fused-ring (bicyclic) bond motifs is 3. The molecule has 1 saturated heterocycles. The normalized spacial score (nSPS) is 17.9. The van der Waals surface area contributed by atoms with Crippen molar-refractivity contribution in [3.63, 3.8) is 0 Å². The van der Waals surface area contributed by atoms with Crippen LogP contribution in [0.2, 0.25) is 0 Å². The predicted molar refractivity (Wildman–Crippen MR) is 111 cm³/mol. The third kappa shape index (κ3) is 3.76. The van der Waals surface area contributed by atoms with Gasteiger partial charge >= 0.3 is 0 Å². The van der Waals surface area contributed by atoms with Crippen molar-refractivity contribution in [2.75, 3.05) is 26.3 Å². The molecule has 1 aliphatic heterocycles. The summed E-state index contributed by atoms with van der Waals surface area (Å²) in [5.74, 6) is 0.946. The van der Waals surface area contributed by atoms with Gasteiger partial charge in [0.25, 0.3) is 0 Å². The lowest BCUT2D eigenvalue weighted by Gasteiger charge is -2.25. The van der Waals surface area contributed by atoms with Gasteiger partial charge in [-0.05, 0) is 43.4 Å². The van der Waals surface area contributed by atoms with Crippen LogP contribution in [-0.2, 0) is 24.1 Å². The van der Waals surface area contributed by atoms with Gasteiger partial charge in [-0.25, -0.2) is 9.97 Å². The SMILES string of the molecule is c1ccc(Sc2nc(CN3CCOCC3)nc3sc4c(c23)CCCC4)cc1. The highest BCUT2D eigenvalue weighted by Gasteiger charge is 2.22. The highest BCUT2D eigenvalue weighted by atomic mass is 32.2. The molecule has 5 rings (SSSR count). The van der Waals surface area contributed by atoms with Gasteiger partial charge in [0.15, 0.2) is 0 Å². The van der Waals surface area contributed by atoms with Gasteiger partial charge in [0.2, 0.25) is 0 Å². The summed E-state index contributed by atoms with van der Waals surface area (Å²) < 4.78 is 5.48. The molecule has 0 bridgehead atoms. The first-order chi connectivity index (χ1) is 13.4. The molecule has 3 aromatic rings. The van der Waals surface area contributed by atoms with E-state index in [1.165, 1.54) is 51.2 Å². The fourth-order valence-corrected chi connectivity index (χ4v) is 6.20. The van der Waals surface area contributed by atoms with Gasteiger partial charge < -0.3 is 4.74 Å². The van der Waals surface area contributed by atoms with Gasteiger partial charge in [0.1, 0.15) is 15.7 Å². The molecule has 0 saturated carbocycles. The smallest absolute Gasteiger partial charge is 0.145 e. The summed E-state index contributed by atoms with van der Waals surface area (Å²) in [6.07, 6.45) is 4.95. The van der Waals surface area contributed by atoms with E-state index >= 15 is 0 Å². The molecule has 4 nitrogen and oxygen atoms in total. The summed E-state index contributed by atoms with van der Waals surface area (Å²) in [6.45, 7) is 4.35. The molecule has 27 heavy (non-hydrogen) atoms. The minimum atomic E-state index is 0.807. The number of aryl methyl sites for hydroxylation is 2. The third-order valence-corrected chi connectivity index (χ3v) is 7.44. The average molecular weight is 398 g/mol. The number of aromatic nitrogens is 2. The highest BCUT2D eigenvalue weighted by molar-refractivity contribution is 7.99. The van der Waals surface area contributed by atoms with E-state index in [2.05, 4.69) is 35.2 Å². The van der Waals surface area contributed by atoms with Crippen molar-refractivity contribution in [1.82, 2.24) is 14.9 Å². The zero-order chi connectivity index (χ0) is 18.1. The fraction of sp³-hybridized carbons (Fsp3) is 0.429. The van der Waals surface area contributed by atoms with Crippen LogP contribution < -0.4 is 0 Å². The van der Waals surface area contributed by atoms with Crippen LogP contribution in [0.3, 0.4) is 0 Å². The fourth-order valence-electron chi connectivity index (χ4n) is 3.87. The van der Waals surface area contributed by atoms with Crippen LogP contribution in [0.5, 0.6) is 0 Å². The van der Waals surface area contributed by atoms with Crippen molar-refractivity contribution in [1.29, 1.82) is 0 Å². The molecule has 1 fully saturated rings.